The quantitative estimate of drug-likeness (QED) is 0.859. The minimum absolute atomic E-state index is 0.233. The van der Waals surface area contributed by atoms with Crippen molar-refractivity contribution in [2.24, 2.45) is 0 Å². The highest BCUT2D eigenvalue weighted by molar-refractivity contribution is 7.91. The summed E-state index contributed by atoms with van der Waals surface area (Å²) in [7, 11) is -2.83. The minimum Gasteiger partial charge on any atom is -0.356 e. The van der Waals surface area contributed by atoms with Gasteiger partial charge in [0.25, 0.3) is 0 Å². The fourth-order valence-electron chi connectivity index (χ4n) is 2.26. The number of hydrogen-bond donors (Lipinski definition) is 0. The predicted octanol–water partition coefficient (Wildman–Crippen LogP) is 1.57. The summed E-state index contributed by atoms with van der Waals surface area (Å²) in [6, 6.07) is 11.7. The maximum atomic E-state index is 11.4. The topological polar surface area (TPSA) is 63.4 Å². The first-order valence-corrected chi connectivity index (χ1v) is 8.38. The fourth-order valence-corrected chi connectivity index (χ4v) is 3.54. The molecule has 1 aliphatic rings. The second-order valence-corrected chi connectivity index (χ2v) is 7.28. The molecule has 106 valence electrons. The van der Waals surface area contributed by atoms with E-state index in [9.17, 15) is 8.42 Å². The van der Waals surface area contributed by atoms with Crippen molar-refractivity contribution in [2.45, 2.75) is 6.54 Å². The van der Waals surface area contributed by atoms with E-state index in [1.54, 1.807) is 0 Å². The molecule has 20 heavy (non-hydrogen) atoms. The maximum absolute atomic E-state index is 11.4. The summed E-state index contributed by atoms with van der Waals surface area (Å²) < 4.78 is 28.1. The molecule has 1 fully saturated rings. The summed E-state index contributed by atoms with van der Waals surface area (Å²) in [5.74, 6) is 1.21. The van der Waals surface area contributed by atoms with E-state index in [1.807, 2.05) is 36.4 Å². The lowest BCUT2D eigenvalue weighted by molar-refractivity contribution is 0.277. The largest absolute Gasteiger partial charge is 0.356 e. The molecule has 0 unspecified atom stereocenters. The first kappa shape index (κ1) is 13.3. The highest BCUT2D eigenvalue weighted by Crippen LogP contribution is 2.20. The van der Waals surface area contributed by atoms with Gasteiger partial charge in [-0.25, -0.2) is 8.42 Å². The second-order valence-electron chi connectivity index (χ2n) is 4.98. The normalized spacial score (nSPS) is 19.0. The van der Waals surface area contributed by atoms with Gasteiger partial charge in [0.05, 0.1) is 17.2 Å². The van der Waals surface area contributed by atoms with Crippen LogP contribution in [0.4, 0.5) is 0 Å². The van der Waals surface area contributed by atoms with Crippen LogP contribution < -0.4 is 0 Å². The van der Waals surface area contributed by atoms with E-state index in [0.717, 1.165) is 17.0 Å². The average molecular weight is 292 g/mol. The molecule has 1 aromatic heterocycles. The van der Waals surface area contributed by atoms with Crippen molar-refractivity contribution in [3.8, 4) is 11.3 Å². The van der Waals surface area contributed by atoms with Crippen LogP contribution in [-0.2, 0) is 16.4 Å². The van der Waals surface area contributed by atoms with Crippen LogP contribution in [0.2, 0.25) is 0 Å². The molecule has 2 aromatic rings. The van der Waals surface area contributed by atoms with E-state index in [1.165, 1.54) is 0 Å². The van der Waals surface area contributed by atoms with E-state index in [-0.39, 0.29) is 11.5 Å². The van der Waals surface area contributed by atoms with E-state index >= 15 is 0 Å². The zero-order valence-corrected chi connectivity index (χ0v) is 11.8. The van der Waals surface area contributed by atoms with Crippen LogP contribution in [0.25, 0.3) is 11.3 Å². The van der Waals surface area contributed by atoms with Gasteiger partial charge in [-0.3, -0.25) is 4.90 Å². The molecule has 3 rings (SSSR count). The predicted molar refractivity (Wildman–Crippen MR) is 75.9 cm³/mol. The van der Waals surface area contributed by atoms with Gasteiger partial charge in [-0.1, -0.05) is 35.5 Å². The summed E-state index contributed by atoms with van der Waals surface area (Å²) in [5, 5.41) is 4.06. The molecule has 2 heterocycles. The number of sulfone groups is 1. The molecule has 0 bridgehead atoms. The molecule has 0 spiro atoms. The first-order valence-electron chi connectivity index (χ1n) is 6.56. The Kier molecular flexibility index (Phi) is 3.58. The lowest BCUT2D eigenvalue weighted by Gasteiger charge is -2.25. The lowest BCUT2D eigenvalue weighted by atomic mass is 10.1. The third-order valence-electron chi connectivity index (χ3n) is 3.44. The maximum Gasteiger partial charge on any atom is 0.167 e. The summed E-state index contributed by atoms with van der Waals surface area (Å²) in [5.41, 5.74) is 1.83. The smallest absolute Gasteiger partial charge is 0.167 e. The van der Waals surface area contributed by atoms with Crippen molar-refractivity contribution in [1.29, 1.82) is 0 Å². The Balaban J connectivity index is 1.66. The third-order valence-corrected chi connectivity index (χ3v) is 5.05. The van der Waals surface area contributed by atoms with Crippen LogP contribution in [0.1, 0.15) is 5.69 Å². The van der Waals surface area contributed by atoms with E-state index in [2.05, 4.69) is 10.1 Å². The number of benzene rings is 1. The van der Waals surface area contributed by atoms with Gasteiger partial charge in [-0.15, -0.1) is 0 Å². The van der Waals surface area contributed by atoms with Gasteiger partial charge in [0.15, 0.2) is 15.6 Å². The monoisotopic (exact) mass is 292 g/mol. The molecule has 5 nitrogen and oxygen atoms in total. The average Bonchev–Trinajstić information content (AvgIpc) is 2.91. The first-order chi connectivity index (χ1) is 9.62. The molecule has 0 aliphatic carbocycles. The third kappa shape index (κ3) is 3.08. The van der Waals surface area contributed by atoms with Crippen LogP contribution in [-0.4, -0.2) is 43.1 Å². The Morgan fingerprint density at radius 2 is 1.85 bits per heavy atom. The van der Waals surface area contributed by atoms with Crippen molar-refractivity contribution in [3.63, 3.8) is 0 Å². The molecule has 1 aromatic carbocycles. The SMILES string of the molecule is O=S1(=O)CCN(Cc2cc(-c3ccccc3)on2)CC1. The van der Waals surface area contributed by atoms with E-state index in [4.69, 9.17) is 4.52 Å². The van der Waals surface area contributed by atoms with Crippen LogP contribution in [0.15, 0.2) is 40.9 Å². The Morgan fingerprint density at radius 1 is 1.15 bits per heavy atom. The zero-order valence-electron chi connectivity index (χ0n) is 11.0. The van der Waals surface area contributed by atoms with E-state index in [0.29, 0.717) is 19.6 Å². The molecule has 0 N–H and O–H groups in total. The number of aromatic nitrogens is 1. The van der Waals surface area contributed by atoms with Gasteiger partial charge in [-0.2, -0.15) is 0 Å². The molecule has 0 amide bonds. The molecule has 0 radical (unpaired) electrons. The standard InChI is InChI=1S/C14H16N2O3S/c17-20(18)8-6-16(7-9-20)11-13-10-14(19-15-13)12-4-2-1-3-5-12/h1-5,10H,6-9,11H2. The molecular formula is C14H16N2O3S. The fraction of sp³-hybridized carbons (Fsp3) is 0.357. The van der Waals surface area contributed by atoms with Gasteiger partial charge < -0.3 is 4.52 Å². The second kappa shape index (κ2) is 5.38. The van der Waals surface area contributed by atoms with E-state index < -0.39 is 9.84 Å². The van der Waals surface area contributed by atoms with Crippen molar-refractivity contribution >= 4 is 9.84 Å². The van der Waals surface area contributed by atoms with Gasteiger partial charge in [0.1, 0.15) is 0 Å². The number of hydrogen-bond acceptors (Lipinski definition) is 5. The van der Waals surface area contributed by atoms with Crippen LogP contribution >= 0.6 is 0 Å². The van der Waals surface area contributed by atoms with Gasteiger partial charge in [0, 0.05) is 31.3 Å². The summed E-state index contributed by atoms with van der Waals surface area (Å²) >= 11 is 0. The summed E-state index contributed by atoms with van der Waals surface area (Å²) in [6.45, 7) is 1.76. The summed E-state index contributed by atoms with van der Waals surface area (Å²) in [6.07, 6.45) is 0. The Hall–Kier alpha value is -1.66. The lowest BCUT2D eigenvalue weighted by Crippen LogP contribution is -2.39. The van der Waals surface area contributed by atoms with Gasteiger partial charge in [-0.05, 0) is 0 Å². The van der Waals surface area contributed by atoms with Crippen LogP contribution in [0.3, 0.4) is 0 Å². The van der Waals surface area contributed by atoms with Gasteiger partial charge in [0.2, 0.25) is 0 Å². The molecule has 1 saturated heterocycles. The summed E-state index contributed by atoms with van der Waals surface area (Å²) in [4.78, 5) is 2.09. The number of rotatable bonds is 3. The molecule has 0 atom stereocenters. The van der Waals surface area contributed by atoms with Crippen LogP contribution in [0.5, 0.6) is 0 Å². The Bertz CT molecular complexity index is 665. The highest BCUT2D eigenvalue weighted by atomic mass is 32.2. The molecule has 0 saturated carbocycles. The minimum atomic E-state index is -2.83. The molecular weight excluding hydrogens is 276 g/mol. The van der Waals surface area contributed by atoms with Crippen molar-refractivity contribution in [2.75, 3.05) is 24.6 Å². The van der Waals surface area contributed by atoms with Crippen LogP contribution in [0, 0.1) is 0 Å². The van der Waals surface area contributed by atoms with Crippen molar-refractivity contribution < 1.29 is 12.9 Å². The van der Waals surface area contributed by atoms with Gasteiger partial charge >= 0.3 is 0 Å². The molecule has 1 aliphatic heterocycles. The highest BCUT2D eigenvalue weighted by Gasteiger charge is 2.22. The number of nitrogens with zero attached hydrogens (tertiary/aromatic N) is 2. The zero-order chi connectivity index (χ0) is 14.0. The molecule has 6 heteroatoms. The Labute approximate surface area is 118 Å². The van der Waals surface area contributed by atoms with Crippen molar-refractivity contribution in [3.05, 3.63) is 42.1 Å². The van der Waals surface area contributed by atoms with Crippen molar-refractivity contribution in [1.82, 2.24) is 10.1 Å². The Morgan fingerprint density at radius 3 is 2.55 bits per heavy atom.